The van der Waals surface area contributed by atoms with Crippen molar-refractivity contribution >= 4 is 15.7 Å². The lowest BCUT2D eigenvalue weighted by atomic mass is 9.64. The molecule has 0 saturated heterocycles. The number of allylic oxidation sites excluding steroid dienone is 2. The van der Waals surface area contributed by atoms with Gasteiger partial charge in [0, 0.05) is 20.1 Å². The number of nitrogens with one attached hydrogen (secondary N) is 1. The predicted molar refractivity (Wildman–Crippen MR) is 130 cm³/mol. The summed E-state index contributed by atoms with van der Waals surface area (Å²) in [7, 11) is -2.40. The highest BCUT2D eigenvalue weighted by molar-refractivity contribution is 7.88. The van der Waals surface area contributed by atoms with Gasteiger partial charge in [0.1, 0.15) is 18.0 Å². The number of hydrogen-bond donors (Lipinski definition) is 1. The predicted octanol–water partition coefficient (Wildman–Crippen LogP) is 5.22. The minimum atomic E-state index is -3.83. The minimum absolute atomic E-state index is 0.0561. The second kappa shape index (κ2) is 10.1. The van der Waals surface area contributed by atoms with E-state index in [2.05, 4.69) is 52.8 Å². The molecule has 1 aliphatic rings. The van der Waals surface area contributed by atoms with Gasteiger partial charge in [0.2, 0.25) is 0 Å². The van der Waals surface area contributed by atoms with E-state index in [9.17, 15) is 17.2 Å². The smallest absolute Gasteiger partial charge is 0.249 e. The molecule has 1 N–H and O–H groups in total. The normalized spacial score (nSPS) is 22.9. The molecule has 2 atom stereocenters. The molecule has 1 saturated carbocycles. The fourth-order valence-corrected chi connectivity index (χ4v) is 6.36. The van der Waals surface area contributed by atoms with E-state index in [-0.39, 0.29) is 35.4 Å². The van der Waals surface area contributed by atoms with Crippen molar-refractivity contribution in [3.63, 3.8) is 0 Å². The first-order valence-corrected chi connectivity index (χ1v) is 12.8. The lowest BCUT2D eigenvalue weighted by molar-refractivity contribution is 0.0801. The van der Waals surface area contributed by atoms with Crippen LogP contribution < -0.4 is 0 Å². The Kier molecular flexibility index (Phi) is 7.71. The number of benzene rings is 1. The Morgan fingerprint density at radius 2 is 1.97 bits per heavy atom. The van der Waals surface area contributed by atoms with Gasteiger partial charge in [-0.25, -0.2) is 27.3 Å². The lowest BCUT2D eigenvalue weighted by Crippen LogP contribution is -2.46. The minimum Gasteiger partial charge on any atom is -0.249 e. The second-order valence-corrected chi connectivity index (χ2v) is 11.4. The zero-order valence-electron chi connectivity index (χ0n) is 20.7. The van der Waals surface area contributed by atoms with Crippen molar-refractivity contribution in [2.24, 2.45) is 27.0 Å². The van der Waals surface area contributed by atoms with Crippen LogP contribution in [0.15, 0.2) is 58.1 Å². The topological polar surface area (TPSA) is 104 Å². The van der Waals surface area contributed by atoms with Gasteiger partial charge >= 0.3 is 0 Å². The molecule has 0 bridgehead atoms. The quantitative estimate of drug-likeness (QED) is 0.372. The fourth-order valence-electron chi connectivity index (χ4n) is 4.97. The zero-order valence-corrected chi connectivity index (χ0v) is 21.5. The molecule has 2 unspecified atom stereocenters. The van der Waals surface area contributed by atoms with Crippen molar-refractivity contribution in [1.82, 2.24) is 19.5 Å². The molecule has 1 aromatic heterocycles. The van der Waals surface area contributed by atoms with E-state index in [1.165, 1.54) is 29.6 Å². The van der Waals surface area contributed by atoms with Gasteiger partial charge in [-0.05, 0) is 53.4 Å². The van der Waals surface area contributed by atoms with Crippen LogP contribution in [0.4, 0.5) is 8.78 Å². The van der Waals surface area contributed by atoms with Crippen LogP contribution in [0.25, 0.3) is 5.70 Å². The van der Waals surface area contributed by atoms with Gasteiger partial charge in [-0.2, -0.15) is 19.6 Å². The maximum atomic E-state index is 14.5. The van der Waals surface area contributed by atoms with Gasteiger partial charge in [0.25, 0.3) is 15.2 Å². The molecule has 1 heterocycles. The summed E-state index contributed by atoms with van der Waals surface area (Å²) in [5.74, 6) is -1.54. The van der Waals surface area contributed by atoms with Gasteiger partial charge in [-0.1, -0.05) is 40.3 Å². The second-order valence-electron chi connectivity index (χ2n) is 9.60. The van der Waals surface area contributed by atoms with Crippen molar-refractivity contribution in [2.75, 3.05) is 20.1 Å². The monoisotopic (exact) mass is 506 g/mol. The number of hydrogen-bond acceptors (Lipinski definition) is 6. The first-order valence-electron chi connectivity index (χ1n) is 11.4. The Balaban J connectivity index is 1.92. The van der Waals surface area contributed by atoms with Gasteiger partial charge in [-0.3, -0.25) is 0 Å². The van der Waals surface area contributed by atoms with E-state index >= 15 is 0 Å². The summed E-state index contributed by atoms with van der Waals surface area (Å²) >= 11 is 0. The maximum Gasteiger partial charge on any atom is 0.278 e. The van der Waals surface area contributed by atoms with Crippen molar-refractivity contribution < 1.29 is 17.2 Å². The maximum absolute atomic E-state index is 14.5. The summed E-state index contributed by atoms with van der Waals surface area (Å²) in [6.07, 6.45) is 4.21. The summed E-state index contributed by atoms with van der Waals surface area (Å²) in [5.41, 5.74) is -0.348. The summed E-state index contributed by atoms with van der Waals surface area (Å²) in [5, 5.41) is 13.6. The third-order valence-electron chi connectivity index (χ3n) is 7.46. The van der Waals surface area contributed by atoms with Crippen LogP contribution in [0.2, 0.25) is 0 Å². The summed E-state index contributed by atoms with van der Waals surface area (Å²) < 4.78 is 56.5. The van der Waals surface area contributed by atoms with Crippen LogP contribution in [-0.2, 0) is 10.0 Å². The Hall–Kier alpha value is -2.79. The first kappa shape index (κ1) is 26.8. The van der Waals surface area contributed by atoms with E-state index in [4.69, 9.17) is 0 Å². The summed E-state index contributed by atoms with van der Waals surface area (Å²) in [6, 6.07) is 3.64. The van der Waals surface area contributed by atoms with Crippen molar-refractivity contribution in [3.8, 4) is 0 Å². The molecule has 0 radical (unpaired) electrons. The Morgan fingerprint density at radius 3 is 2.51 bits per heavy atom. The van der Waals surface area contributed by atoms with Gasteiger partial charge < -0.3 is 0 Å². The average Bonchev–Trinajstić information content (AvgIpc) is 3.40. The third-order valence-corrected chi connectivity index (χ3v) is 9.22. The molecular weight excluding hydrogens is 474 g/mol. The number of nitrogens with zero attached hydrogens (tertiary/aromatic N) is 5. The SMILES string of the molecule is C=C(/C=C(\N=NC)c1c(F)cccc1F)C1CCC(C)(CN(CC)S(=O)(=O)c2ncn[nH]2)C1(C)C. The highest BCUT2D eigenvalue weighted by Crippen LogP contribution is 2.58. The summed E-state index contributed by atoms with van der Waals surface area (Å²) in [6.45, 7) is 12.7. The van der Waals surface area contributed by atoms with Crippen molar-refractivity contribution in [3.05, 3.63) is 60.0 Å². The molecule has 3 rings (SSSR count). The molecule has 35 heavy (non-hydrogen) atoms. The number of aromatic nitrogens is 3. The molecule has 1 aliphatic carbocycles. The highest BCUT2D eigenvalue weighted by Gasteiger charge is 2.53. The van der Waals surface area contributed by atoms with E-state index in [0.29, 0.717) is 5.57 Å². The van der Waals surface area contributed by atoms with Crippen molar-refractivity contribution in [1.29, 1.82) is 0 Å². The van der Waals surface area contributed by atoms with E-state index in [1.807, 2.05) is 0 Å². The number of H-pyrrole nitrogens is 1. The highest BCUT2D eigenvalue weighted by atomic mass is 32.2. The Labute approximate surface area is 205 Å². The number of sulfonamides is 1. The number of rotatable bonds is 9. The van der Waals surface area contributed by atoms with Gasteiger partial charge in [-0.15, -0.1) is 0 Å². The van der Waals surface area contributed by atoms with Gasteiger partial charge in [0.15, 0.2) is 0 Å². The number of halogens is 2. The van der Waals surface area contributed by atoms with Crippen LogP contribution in [0, 0.1) is 28.4 Å². The molecule has 2 aromatic rings. The van der Waals surface area contributed by atoms with E-state index < -0.39 is 32.5 Å². The fraction of sp³-hybridized carbons (Fsp3) is 0.500. The lowest BCUT2D eigenvalue weighted by Gasteiger charge is -2.44. The van der Waals surface area contributed by atoms with Gasteiger partial charge in [0.05, 0.1) is 11.3 Å². The Morgan fingerprint density at radius 1 is 1.31 bits per heavy atom. The molecule has 11 heteroatoms. The van der Waals surface area contributed by atoms with Crippen LogP contribution >= 0.6 is 0 Å². The molecule has 0 spiro atoms. The molecular formula is C24H32F2N6O2S. The largest absolute Gasteiger partial charge is 0.278 e. The molecule has 190 valence electrons. The van der Waals surface area contributed by atoms with Crippen molar-refractivity contribution in [2.45, 2.75) is 45.7 Å². The number of aromatic amines is 1. The zero-order chi connectivity index (χ0) is 26.0. The summed E-state index contributed by atoms with van der Waals surface area (Å²) in [4.78, 5) is 3.83. The van der Waals surface area contributed by atoms with Crippen LogP contribution in [0.1, 0.15) is 46.1 Å². The average molecular weight is 507 g/mol. The first-order chi connectivity index (χ1) is 16.4. The Bertz CT molecular complexity index is 1220. The van der Waals surface area contributed by atoms with Crippen LogP contribution in [0.5, 0.6) is 0 Å². The standard InChI is InChI=1S/C24H32F2N6O2S/c1-7-32(35(33,34)22-28-15-29-31-22)14-24(5)12-11-17(23(24,3)4)16(2)13-20(30-27-6)21-18(25)9-8-10-19(21)26/h8-10,13,15,17H,2,7,11-12,14H2,1,3-6H3,(H,28,29,31)/b20-13-,30-27?. The van der Waals surface area contributed by atoms with E-state index in [0.717, 1.165) is 19.2 Å². The van der Waals surface area contributed by atoms with E-state index in [1.54, 1.807) is 13.0 Å². The third kappa shape index (κ3) is 4.97. The van der Waals surface area contributed by atoms with Crippen LogP contribution in [0.3, 0.4) is 0 Å². The number of azo groups is 1. The van der Waals surface area contributed by atoms with Crippen LogP contribution in [-0.4, -0.2) is 48.0 Å². The molecule has 1 aromatic carbocycles. The molecule has 0 aliphatic heterocycles. The molecule has 0 amide bonds. The molecule has 1 fully saturated rings. The molecule has 8 nitrogen and oxygen atoms in total.